The van der Waals surface area contributed by atoms with Crippen molar-refractivity contribution in [2.75, 3.05) is 0 Å². The first-order valence-electron chi connectivity index (χ1n) is 13.6. The van der Waals surface area contributed by atoms with Gasteiger partial charge in [0.05, 0.1) is 11.2 Å². The average Bonchev–Trinajstić information content (AvgIpc) is 3.45. The van der Waals surface area contributed by atoms with Crippen LogP contribution < -0.4 is 5.46 Å². The molecule has 1 aliphatic heterocycles. The molecule has 3 heterocycles. The van der Waals surface area contributed by atoms with Crippen molar-refractivity contribution in [3.8, 4) is 33.8 Å². The molecule has 40 heavy (non-hydrogen) atoms. The Kier molecular flexibility index (Phi) is 5.67. The SMILES string of the molecule is CC1(C)OB(c2cccc(-c3cccc(-c4nc(-c5ccccc5)nc5c4oc4ccccc45)c3)c2)OC1(C)C. The number of furan rings is 1. The van der Waals surface area contributed by atoms with Crippen molar-refractivity contribution < 1.29 is 13.7 Å². The van der Waals surface area contributed by atoms with Gasteiger partial charge < -0.3 is 13.7 Å². The summed E-state index contributed by atoms with van der Waals surface area (Å²) in [7, 11) is -0.418. The van der Waals surface area contributed by atoms with Crippen LogP contribution >= 0.6 is 0 Å². The number of hydrogen-bond donors (Lipinski definition) is 0. The highest BCUT2D eigenvalue weighted by Gasteiger charge is 2.51. The Morgan fingerprint density at radius 1 is 0.600 bits per heavy atom. The molecule has 0 saturated carbocycles. The van der Waals surface area contributed by atoms with Gasteiger partial charge in [-0.3, -0.25) is 0 Å². The van der Waals surface area contributed by atoms with E-state index in [9.17, 15) is 0 Å². The monoisotopic (exact) mass is 524 g/mol. The van der Waals surface area contributed by atoms with Gasteiger partial charge in [0, 0.05) is 16.5 Å². The molecule has 2 aromatic heterocycles. The fraction of sp³-hybridized carbons (Fsp3) is 0.176. The fourth-order valence-electron chi connectivity index (χ4n) is 5.19. The van der Waals surface area contributed by atoms with Crippen molar-refractivity contribution in [1.29, 1.82) is 0 Å². The van der Waals surface area contributed by atoms with Gasteiger partial charge in [0.1, 0.15) is 16.8 Å². The number of aromatic nitrogens is 2. The van der Waals surface area contributed by atoms with Crippen molar-refractivity contribution >= 4 is 34.7 Å². The van der Waals surface area contributed by atoms with Crippen LogP contribution in [0.4, 0.5) is 0 Å². The van der Waals surface area contributed by atoms with E-state index in [1.54, 1.807) is 0 Å². The molecule has 0 unspecified atom stereocenters. The van der Waals surface area contributed by atoms with Gasteiger partial charge in [-0.15, -0.1) is 0 Å². The van der Waals surface area contributed by atoms with E-state index in [-0.39, 0.29) is 0 Å². The highest BCUT2D eigenvalue weighted by atomic mass is 16.7. The predicted octanol–water partition coefficient (Wildman–Crippen LogP) is 7.68. The van der Waals surface area contributed by atoms with Crippen molar-refractivity contribution in [2.24, 2.45) is 0 Å². The van der Waals surface area contributed by atoms with Crippen molar-refractivity contribution in [3.05, 3.63) is 103 Å². The molecule has 5 nitrogen and oxygen atoms in total. The number of hydrogen-bond acceptors (Lipinski definition) is 5. The van der Waals surface area contributed by atoms with Crippen LogP contribution in [0.2, 0.25) is 0 Å². The highest BCUT2D eigenvalue weighted by Crippen LogP contribution is 2.38. The molecule has 0 aliphatic carbocycles. The molecule has 0 bridgehead atoms. The molecule has 0 radical (unpaired) electrons. The van der Waals surface area contributed by atoms with Gasteiger partial charge in [-0.25, -0.2) is 9.97 Å². The summed E-state index contributed by atoms with van der Waals surface area (Å²) < 4.78 is 19.0. The number of rotatable bonds is 4. The lowest BCUT2D eigenvalue weighted by Gasteiger charge is -2.32. The van der Waals surface area contributed by atoms with Gasteiger partial charge in [-0.1, -0.05) is 84.9 Å². The van der Waals surface area contributed by atoms with E-state index >= 15 is 0 Å². The molecular weight excluding hydrogens is 495 g/mol. The second-order valence-electron chi connectivity index (χ2n) is 11.3. The molecule has 1 aliphatic rings. The normalized spacial score (nSPS) is 16.1. The minimum Gasteiger partial charge on any atom is -0.452 e. The minimum absolute atomic E-state index is 0.394. The maximum absolute atomic E-state index is 6.34. The molecule has 1 fully saturated rings. The smallest absolute Gasteiger partial charge is 0.452 e. The van der Waals surface area contributed by atoms with Gasteiger partial charge in [-0.05, 0) is 62.5 Å². The Hall–Kier alpha value is -4.26. The van der Waals surface area contributed by atoms with Crippen molar-refractivity contribution in [3.63, 3.8) is 0 Å². The highest BCUT2D eigenvalue weighted by molar-refractivity contribution is 6.62. The van der Waals surface area contributed by atoms with E-state index in [0.717, 1.165) is 49.9 Å². The second-order valence-corrected chi connectivity index (χ2v) is 11.3. The summed E-state index contributed by atoms with van der Waals surface area (Å²) in [6.45, 7) is 8.30. The standard InChI is InChI=1S/C34H29BN2O3/c1-33(2)34(3,4)40-35(39-33)26-17-11-15-24(21-26)23-14-10-16-25(20-23)29-31-30(27-18-8-9-19-28(27)38-31)37-32(36-29)22-12-6-5-7-13-22/h5-21H,1-4H3. The molecule has 4 aromatic carbocycles. The molecule has 0 amide bonds. The third kappa shape index (κ3) is 4.12. The number of nitrogens with zero attached hydrogens (tertiary/aromatic N) is 2. The average molecular weight is 524 g/mol. The Morgan fingerprint density at radius 2 is 1.23 bits per heavy atom. The molecule has 0 spiro atoms. The number of benzene rings is 4. The van der Waals surface area contributed by atoms with Gasteiger partial charge in [-0.2, -0.15) is 0 Å². The maximum atomic E-state index is 6.34. The summed E-state index contributed by atoms with van der Waals surface area (Å²) in [4.78, 5) is 9.99. The molecular formula is C34H29BN2O3. The third-order valence-corrected chi connectivity index (χ3v) is 8.13. The number of para-hydroxylation sites is 1. The van der Waals surface area contributed by atoms with Crippen LogP contribution in [0.1, 0.15) is 27.7 Å². The predicted molar refractivity (Wildman–Crippen MR) is 161 cm³/mol. The largest absolute Gasteiger partial charge is 0.494 e. The summed E-state index contributed by atoms with van der Waals surface area (Å²) in [6.07, 6.45) is 0. The van der Waals surface area contributed by atoms with Crippen LogP contribution in [-0.4, -0.2) is 28.3 Å². The first kappa shape index (κ1) is 24.8. The Labute approximate surface area is 234 Å². The molecule has 0 N–H and O–H groups in total. The summed E-state index contributed by atoms with van der Waals surface area (Å²) in [5.41, 5.74) is 7.33. The fourth-order valence-corrected chi connectivity index (χ4v) is 5.19. The lowest BCUT2D eigenvalue weighted by atomic mass is 9.78. The lowest BCUT2D eigenvalue weighted by Crippen LogP contribution is -2.41. The first-order valence-corrected chi connectivity index (χ1v) is 13.6. The van der Waals surface area contributed by atoms with Crippen LogP contribution in [-0.2, 0) is 9.31 Å². The summed E-state index contributed by atoms with van der Waals surface area (Å²) in [5, 5.41) is 0.976. The Balaban J connectivity index is 1.35. The maximum Gasteiger partial charge on any atom is 0.494 e. The van der Waals surface area contributed by atoms with Crippen LogP contribution in [0.25, 0.3) is 55.8 Å². The van der Waals surface area contributed by atoms with Crippen LogP contribution in [0.15, 0.2) is 108 Å². The molecule has 7 rings (SSSR count). The van der Waals surface area contributed by atoms with Gasteiger partial charge in [0.15, 0.2) is 11.4 Å². The quantitative estimate of drug-likeness (QED) is 0.222. The Morgan fingerprint density at radius 3 is 2.00 bits per heavy atom. The molecule has 0 atom stereocenters. The summed E-state index contributed by atoms with van der Waals surface area (Å²) in [6, 6.07) is 34.9. The number of fused-ring (bicyclic) bond motifs is 3. The topological polar surface area (TPSA) is 57.4 Å². The van der Waals surface area contributed by atoms with Gasteiger partial charge in [0.25, 0.3) is 0 Å². The molecule has 6 aromatic rings. The second kappa shape index (κ2) is 9.15. The zero-order valence-corrected chi connectivity index (χ0v) is 23.0. The van der Waals surface area contributed by atoms with Crippen LogP contribution in [0, 0.1) is 0 Å². The van der Waals surface area contributed by atoms with Gasteiger partial charge in [0.2, 0.25) is 0 Å². The molecule has 1 saturated heterocycles. The summed E-state index contributed by atoms with van der Waals surface area (Å²) >= 11 is 0. The Bertz CT molecular complexity index is 1860. The van der Waals surface area contributed by atoms with Gasteiger partial charge >= 0.3 is 7.12 Å². The summed E-state index contributed by atoms with van der Waals surface area (Å²) in [5.74, 6) is 0.669. The van der Waals surface area contributed by atoms with Crippen molar-refractivity contribution in [2.45, 2.75) is 38.9 Å². The van der Waals surface area contributed by atoms with Crippen LogP contribution in [0.3, 0.4) is 0 Å². The first-order chi connectivity index (χ1) is 19.3. The minimum atomic E-state index is -0.418. The van der Waals surface area contributed by atoms with E-state index in [0.29, 0.717) is 11.4 Å². The van der Waals surface area contributed by atoms with E-state index in [1.165, 1.54) is 0 Å². The van der Waals surface area contributed by atoms with E-state index in [1.807, 2.05) is 54.6 Å². The third-order valence-electron chi connectivity index (χ3n) is 8.13. The van der Waals surface area contributed by atoms with Crippen LogP contribution in [0.5, 0.6) is 0 Å². The zero-order chi connectivity index (χ0) is 27.5. The zero-order valence-electron chi connectivity index (χ0n) is 23.0. The van der Waals surface area contributed by atoms with Crippen molar-refractivity contribution in [1.82, 2.24) is 9.97 Å². The molecule has 196 valence electrons. The van der Waals surface area contributed by atoms with E-state index < -0.39 is 18.3 Å². The van der Waals surface area contributed by atoms with E-state index in [2.05, 4.69) is 76.2 Å². The molecule has 6 heteroatoms. The van der Waals surface area contributed by atoms with E-state index in [4.69, 9.17) is 23.7 Å². The lowest BCUT2D eigenvalue weighted by molar-refractivity contribution is 0.00578.